The van der Waals surface area contributed by atoms with E-state index in [4.69, 9.17) is 19.4 Å². The molecule has 7 aromatic carbocycles. The molecule has 11 rings (SSSR count). The second kappa shape index (κ2) is 10.9. The van der Waals surface area contributed by atoms with Crippen molar-refractivity contribution in [1.82, 2.24) is 19.5 Å². The standard InChI is InChI=1S/C45H26N4OS/c1-3-13-27(14-4-1)43-46-44(28-15-5-2-6-16-28)48-45(47-43)33-19-11-23-37-39(33)31-25-26-32-40-36(22-12-24-38(40)51-42(32)41(31)50-37)49-34-20-9-7-17-29(34)30-18-8-10-21-35(30)49/h1-26H. The lowest BCUT2D eigenvalue weighted by Gasteiger charge is -2.10. The van der Waals surface area contributed by atoms with Crippen LogP contribution in [0.4, 0.5) is 0 Å². The van der Waals surface area contributed by atoms with Gasteiger partial charge >= 0.3 is 0 Å². The highest BCUT2D eigenvalue weighted by atomic mass is 32.1. The topological polar surface area (TPSA) is 56.7 Å². The highest BCUT2D eigenvalue weighted by Gasteiger charge is 2.22. The summed E-state index contributed by atoms with van der Waals surface area (Å²) in [4.78, 5) is 15.0. The highest BCUT2D eigenvalue weighted by molar-refractivity contribution is 7.26. The van der Waals surface area contributed by atoms with E-state index in [2.05, 4.69) is 89.5 Å². The molecule has 11 aromatic rings. The Morgan fingerprint density at radius 3 is 1.73 bits per heavy atom. The van der Waals surface area contributed by atoms with Gasteiger partial charge in [0.1, 0.15) is 5.58 Å². The largest absolute Gasteiger partial charge is 0.455 e. The third-order valence-electron chi connectivity index (χ3n) is 9.87. The molecule has 0 aliphatic rings. The Hall–Kier alpha value is -6.63. The Labute approximate surface area is 295 Å². The first-order valence-corrected chi connectivity index (χ1v) is 17.8. The summed E-state index contributed by atoms with van der Waals surface area (Å²) in [7, 11) is 0. The van der Waals surface area contributed by atoms with Gasteiger partial charge in [0, 0.05) is 53.7 Å². The van der Waals surface area contributed by atoms with Crippen molar-refractivity contribution in [3.05, 3.63) is 158 Å². The number of thiophene rings is 1. The van der Waals surface area contributed by atoms with Gasteiger partial charge in [-0.05, 0) is 36.4 Å². The Morgan fingerprint density at radius 2 is 1.04 bits per heavy atom. The molecule has 0 aliphatic carbocycles. The van der Waals surface area contributed by atoms with Gasteiger partial charge in [0.15, 0.2) is 23.1 Å². The minimum Gasteiger partial charge on any atom is -0.455 e. The van der Waals surface area contributed by atoms with E-state index < -0.39 is 0 Å². The van der Waals surface area contributed by atoms with Crippen molar-refractivity contribution < 1.29 is 4.42 Å². The van der Waals surface area contributed by atoms with Crippen LogP contribution in [0, 0.1) is 0 Å². The maximum atomic E-state index is 6.79. The van der Waals surface area contributed by atoms with E-state index in [-0.39, 0.29) is 0 Å². The zero-order valence-electron chi connectivity index (χ0n) is 27.1. The van der Waals surface area contributed by atoms with Crippen LogP contribution in [0.2, 0.25) is 0 Å². The lowest BCUT2D eigenvalue weighted by molar-refractivity contribution is 0.673. The average Bonchev–Trinajstić information content (AvgIpc) is 3.88. The molecular weight excluding hydrogens is 645 g/mol. The van der Waals surface area contributed by atoms with Crippen LogP contribution in [-0.4, -0.2) is 19.5 Å². The summed E-state index contributed by atoms with van der Waals surface area (Å²) in [5.41, 5.74) is 8.03. The molecule has 0 unspecified atom stereocenters. The Morgan fingerprint density at radius 1 is 0.451 bits per heavy atom. The fourth-order valence-electron chi connectivity index (χ4n) is 7.63. The molecule has 6 heteroatoms. The lowest BCUT2D eigenvalue weighted by Crippen LogP contribution is -2.00. The van der Waals surface area contributed by atoms with E-state index in [0.717, 1.165) is 43.3 Å². The summed E-state index contributed by atoms with van der Waals surface area (Å²) in [5.74, 6) is 1.88. The van der Waals surface area contributed by atoms with Crippen LogP contribution in [0.5, 0.6) is 0 Å². The van der Waals surface area contributed by atoms with Crippen LogP contribution in [-0.2, 0) is 0 Å². The first kappa shape index (κ1) is 28.2. The number of nitrogens with zero attached hydrogens (tertiary/aromatic N) is 4. The van der Waals surface area contributed by atoms with E-state index >= 15 is 0 Å². The molecular formula is C45H26N4OS. The highest BCUT2D eigenvalue weighted by Crippen LogP contribution is 2.46. The molecule has 51 heavy (non-hydrogen) atoms. The number of hydrogen-bond acceptors (Lipinski definition) is 5. The van der Waals surface area contributed by atoms with Gasteiger partial charge in [-0.25, -0.2) is 15.0 Å². The molecule has 0 saturated carbocycles. The quantitative estimate of drug-likeness (QED) is 0.187. The second-order valence-electron chi connectivity index (χ2n) is 12.8. The van der Waals surface area contributed by atoms with Crippen LogP contribution in [0.25, 0.3) is 104 Å². The predicted molar refractivity (Wildman–Crippen MR) is 211 cm³/mol. The minimum absolute atomic E-state index is 0.612. The predicted octanol–water partition coefficient (Wildman–Crippen LogP) is 12.2. The minimum atomic E-state index is 0.612. The summed E-state index contributed by atoms with van der Waals surface area (Å²) in [6.45, 7) is 0. The van der Waals surface area contributed by atoms with Gasteiger partial charge < -0.3 is 8.98 Å². The summed E-state index contributed by atoms with van der Waals surface area (Å²) >= 11 is 1.78. The smallest absolute Gasteiger partial charge is 0.164 e. The van der Waals surface area contributed by atoms with E-state index in [1.165, 1.54) is 43.0 Å². The average molecular weight is 671 g/mol. The molecule has 0 N–H and O–H groups in total. The molecule has 0 spiro atoms. The molecule has 0 bridgehead atoms. The van der Waals surface area contributed by atoms with Crippen molar-refractivity contribution in [1.29, 1.82) is 0 Å². The van der Waals surface area contributed by atoms with Gasteiger partial charge in [0.25, 0.3) is 0 Å². The molecule has 0 saturated heterocycles. The van der Waals surface area contributed by atoms with Crippen molar-refractivity contribution in [3.63, 3.8) is 0 Å². The number of furan rings is 1. The van der Waals surface area contributed by atoms with Gasteiger partial charge in [-0.3, -0.25) is 0 Å². The van der Waals surface area contributed by atoms with Crippen molar-refractivity contribution in [3.8, 4) is 39.9 Å². The summed E-state index contributed by atoms with van der Waals surface area (Å²) in [6, 6.07) is 54.8. The SMILES string of the molecule is c1ccc(-c2nc(-c3ccccc3)nc(-c3cccc4oc5c(ccc6c5sc5cccc(-n7c8ccccc8c8ccccc87)c56)c34)n2)cc1. The molecule has 0 aliphatic heterocycles. The van der Waals surface area contributed by atoms with Gasteiger partial charge in [-0.15, -0.1) is 11.3 Å². The van der Waals surface area contributed by atoms with E-state index in [1.807, 2.05) is 72.8 Å². The van der Waals surface area contributed by atoms with Crippen molar-refractivity contribution >= 4 is 75.3 Å². The Bertz CT molecular complexity index is 3030. The number of fused-ring (bicyclic) bond motifs is 10. The number of hydrogen-bond donors (Lipinski definition) is 0. The zero-order chi connectivity index (χ0) is 33.5. The fourth-order valence-corrected chi connectivity index (χ4v) is 8.84. The van der Waals surface area contributed by atoms with Gasteiger partial charge in [-0.1, -0.05) is 121 Å². The van der Waals surface area contributed by atoms with Gasteiger partial charge in [0.2, 0.25) is 0 Å². The number of aromatic nitrogens is 4. The number of rotatable bonds is 4. The van der Waals surface area contributed by atoms with Gasteiger partial charge in [0.05, 0.1) is 21.4 Å². The molecule has 0 radical (unpaired) electrons. The third kappa shape index (κ3) is 4.24. The molecule has 0 atom stereocenters. The van der Waals surface area contributed by atoms with Gasteiger partial charge in [-0.2, -0.15) is 0 Å². The Balaban J connectivity index is 1.17. The van der Waals surface area contributed by atoms with Crippen LogP contribution in [0.1, 0.15) is 0 Å². The van der Waals surface area contributed by atoms with Crippen molar-refractivity contribution in [2.24, 2.45) is 0 Å². The Kier molecular flexibility index (Phi) is 6.05. The molecule has 0 amide bonds. The van der Waals surface area contributed by atoms with Crippen LogP contribution < -0.4 is 0 Å². The van der Waals surface area contributed by atoms with Crippen LogP contribution >= 0.6 is 11.3 Å². The maximum Gasteiger partial charge on any atom is 0.164 e. The molecule has 238 valence electrons. The van der Waals surface area contributed by atoms with Crippen molar-refractivity contribution in [2.75, 3.05) is 0 Å². The molecule has 4 aromatic heterocycles. The summed E-state index contributed by atoms with van der Waals surface area (Å²) in [5, 5.41) is 6.95. The molecule has 5 nitrogen and oxygen atoms in total. The first-order valence-electron chi connectivity index (χ1n) is 17.0. The van der Waals surface area contributed by atoms with Crippen LogP contribution in [0.15, 0.2) is 162 Å². The monoisotopic (exact) mass is 670 g/mol. The van der Waals surface area contributed by atoms with E-state index in [0.29, 0.717) is 17.5 Å². The normalized spacial score (nSPS) is 11.9. The lowest BCUT2D eigenvalue weighted by atomic mass is 10.0. The zero-order valence-corrected chi connectivity index (χ0v) is 27.9. The summed E-state index contributed by atoms with van der Waals surface area (Å²) in [6.07, 6.45) is 0. The first-order chi connectivity index (χ1) is 25.3. The second-order valence-corrected chi connectivity index (χ2v) is 13.8. The maximum absolute atomic E-state index is 6.79. The van der Waals surface area contributed by atoms with E-state index in [1.54, 1.807) is 11.3 Å². The van der Waals surface area contributed by atoms with Crippen molar-refractivity contribution in [2.45, 2.75) is 0 Å². The molecule has 0 fully saturated rings. The number of benzene rings is 7. The number of para-hydroxylation sites is 2. The van der Waals surface area contributed by atoms with E-state index in [9.17, 15) is 0 Å². The van der Waals surface area contributed by atoms with Crippen LogP contribution in [0.3, 0.4) is 0 Å². The molecule has 4 heterocycles. The summed E-state index contributed by atoms with van der Waals surface area (Å²) < 4.78 is 11.5. The third-order valence-corrected chi connectivity index (χ3v) is 11.0. The fraction of sp³-hybridized carbons (Fsp3) is 0.